The fourth-order valence-corrected chi connectivity index (χ4v) is 0.889. The second-order valence-corrected chi connectivity index (χ2v) is 2.56. The standard InChI is InChI=1S/C6H11NO2/c1-6(9-2)3-5(6)7-4-8/h4-5H,3H2,1-2H3,(H,7,8)/t5-,6+/m1/s1. The Morgan fingerprint density at radius 3 is 2.89 bits per heavy atom. The summed E-state index contributed by atoms with van der Waals surface area (Å²) in [4.78, 5) is 9.89. The average molecular weight is 129 g/mol. The molecule has 0 aliphatic heterocycles. The predicted molar refractivity (Wildman–Crippen MR) is 33.0 cm³/mol. The van der Waals surface area contributed by atoms with Crippen LogP contribution in [0.15, 0.2) is 0 Å². The summed E-state index contributed by atoms with van der Waals surface area (Å²) in [5.74, 6) is 0. The van der Waals surface area contributed by atoms with Crippen molar-refractivity contribution >= 4 is 6.41 Å². The first-order valence-corrected chi connectivity index (χ1v) is 2.98. The van der Waals surface area contributed by atoms with E-state index in [0.29, 0.717) is 0 Å². The number of methoxy groups -OCH3 is 1. The van der Waals surface area contributed by atoms with E-state index in [1.54, 1.807) is 7.11 Å². The van der Waals surface area contributed by atoms with Crippen LogP contribution in [-0.4, -0.2) is 25.2 Å². The fourth-order valence-electron chi connectivity index (χ4n) is 0.889. The van der Waals surface area contributed by atoms with E-state index in [4.69, 9.17) is 4.74 Å². The third-order valence-electron chi connectivity index (χ3n) is 1.92. The van der Waals surface area contributed by atoms with Gasteiger partial charge in [-0.2, -0.15) is 0 Å². The maximum absolute atomic E-state index is 9.89. The molecule has 9 heavy (non-hydrogen) atoms. The monoisotopic (exact) mass is 129 g/mol. The van der Waals surface area contributed by atoms with E-state index in [2.05, 4.69) is 5.32 Å². The quantitative estimate of drug-likeness (QED) is 0.541. The largest absolute Gasteiger partial charge is 0.376 e. The van der Waals surface area contributed by atoms with E-state index < -0.39 is 0 Å². The van der Waals surface area contributed by atoms with Crippen LogP contribution in [0.2, 0.25) is 0 Å². The van der Waals surface area contributed by atoms with Crippen LogP contribution in [0.1, 0.15) is 13.3 Å². The van der Waals surface area contributed by atoms with Gasteiger partial charge in [-0.1, -0.05) is 0 Å². The van der Waals surface area contributed by atoms with Crippen LogP contribution in [0.25, 0.3) is 0 Å². The van der Waals surface area contributed by atoms with Crippen LogP contribution in [0, 0.1) is 0 Å². The van der Waals surface area contributed by atoms with Gasteiger partial charge in [-0.15, -0.1) is 0 Å². The Hall–Kier alpha value is -0.570. The first-order valence-electron chi connectivity index (χ1n) is 2.98. The van der Waals surface area contributed by atoms with Crippen LogP contribution < -0.4 is 5.32 Å². The number of hydrogen-bond donors (Lipinski definition) is 1. The van der Waals surface area contributed by atoms with E-state index in [1.807, 2.05) is 6.92 Å². The highest BCUT2D eigenvalue weighted by Gasteiger charge is 2.50. The lowest BCUT2D eigenvalue weighted by Gasteiger charge is -2.06. The van der Waals surface area contributed by atoms with Crippen molar-refractivity contribution in [3.63, 3.8) is 0 Å². The molecule has 0 aromatic carbocycles. The molecule has 3 heteroatoms. The van der Waals surface area contributed by atoms with Gasteiger partial charge in [-0.3, -0.25) is 4.79 Å². The summed E-state index contributed by atoms with van der Waals surface area (Å²) in [6.07, 6.45) is 1.65. The molecule has 3 nitrogen and oxygen atoms in total. The summed E-state index contributed by atoms with van der Waals surface area (Å²) in [6, 6.07) is 0.236. The van der Waals surface area contributed by atoms with Gasteiger partial charge in [0.1, 0.15) is 0 Å². The Bertz CT molecular complexity index is 126. The number of carbonyl (C=O) groups excluding carboxylic acids is 1. The highest BCUT2D eigenvalue weighted by atomic mass is 16.5. The summed E-state index contributed by atoms with van der Waals surface area (Å²) in [7, 11) is 1.66. The molecule has 0 aromatic rings. The highest BCUT2D eigenvalue weighted by Crippen LogP contribution is 2.38. The lowest BCUT2D eigenvalue weighted by molar-refractivity contribution is -0.110. The summed E-state index contributed by atoms with van der Waals surface area (Å²) in [6.45, 7) is 1.98. The fraction of sp³-hybridized carbons (Fsp3) is 0.833. The zero-order valence-electron chi connectivity index (χ0n) is 5.68. The van der Waals surface area contributed by atoms with E-state index in [-0.39, 0.29) is 11.6 Å². The molecule has 0 bridgehead atoms. The molecule has 1 amide bonds. The molecule has 0 spiro atoms. The first-order chi connectivity index (χ1) is 4.23. The minimum Gasteiger partial charge on any atom is -0.376 e. The smallest absolute Gasteiger partial charge is 0.207 e. The Morgan fingerprint density at radius 1 is 1.89 bits per heavy atom. The van der Waals surface area contributed by atoms with Crippen LogP contribution in [0.4, 0.5) is 0 Å². The van der Waals surface area contributed by atoms with E-state index in [0.717, 1.165) is 12.8 Å². The molecule has 1 rings (SSSR count). The van der Waals surface area contributed by atoms with E-state index >= 15 is 0 Å². The molecule has 1 aliphatic carbocycles. The zero-order chi connectivity index (χ0) is 6.91. The Labute approximate surface area is 54.4 Å². The van der Waals surface area contributed by atoms with Crippen molar-refractivity contribution in [3.05, 3.63) is 0 Å². The van der Waals surface area contributed by atoms with Crippen molar-refractivity contribution in [2.45, 2.75) is 25.0 Å². The molecule has 0 aromatic heterocycles. The third kappa shape index (κ3) is 1.05. The lowest BCUT2D eigenvalue weighted by atomic mass is 10.4. The molecular formula is C6H11NO2. The highest BCUT2D eigenvalue weighted by molar-refractivity contribution is 5.48. The van der Waals surface area contributed by atoms with Crippen LogP contribution >= 0.6 is 0 Å². The van der Waals surface area contributed by atoms with Crippen molar-refractivity contribution in [1.29, 1.82) is 0 Å². The SMILES string of the molecule is CO[C@@]1(C)C[C@H]1NC=O. The maximum Gasteiger partial charge on any atom is 0.207 e. The van der Waals surface area contributed by atoms with Gasteiger partial charge in [0, 0.05) is 13.5 Å². The predicted octanol–water partition coefficient (Wildman–Crippen LogP) is -0.0902. The second kappa shape index (κ2) is 1.99. The van der Waals surface area contributed by atoms with E-state index in [1.165, 1.54) is 0 Å². The first kappa shape index (κ1) is 6.55. The van der Waals surface area contributed by atoms with Gasteiger partial charge in [-0.05, 0) is 6.92 Å². The molecule has 1 aliphatic rings. The van der Waals surface area contributed by atoms with Gasteiger partial charge in [0.05, 0.1) is 11.6 Å². The third-order valence-corrected chi connectivity index (χ3v) is 1.92. The molecule has 0 saturated heterocycles. The van der Waals surface area contributed by atoms with Gasteiger partial charge in [0.15, 0.2) is 0 Å². The molecule has 1 saturated carbocycles. The Kier molecular flexibility index (Phi) is 1.45. The Balaban J connectivity index is 2.29. The van der Waals surface area contributed by atoms with Crippen molar-refractivity contribution in [2.24, 2.45) is 0 Å². The van der Waals surface area contributed by atoms with Gasteiger partial charge in [0.25, 0.3) is 0 Å². The average Bonchev–Trinajstić information content (AvgIpc) is 2.46. The maximum atomic E-state index is 9.89. The summed E-state index contributed by atoms with van der Waals surface area (Å²) in [5, 5.41) is 2.66. The molecule has 52 valence electrons. The number of nitrogens with one attached hydrogen (secondary N) is 1. The summed E-state index contributed by atoms with van der Waals surface area (Å²) < 4.78 is 5.09. The second-order valence-electron chi connectivity index (χ2n) is 2.56. The summed E-state index contributed by atoms with van der Waals surface area (Å²) >= 11 is 0. The van der Waals surface area contributed by atoms with Crippen LogP contribution in [0.3, 0.4) is 0 Å². The minimum absolute atomic E-state index is 0.0824. The van der Waals surface area contributed by atoms with Gasteiger partial charge in [-0.25, -0.2) is 0 Å². The van der Waals surface area contributed by atoms with Crippen molar-refractivity contribution < 1.29 is 9.53 Å². The Morgan fingerprint density at radius 2 is 2.56 bits per heavy atom. The van der Waals surface area contributed by atoms with Crippen molar-refractivity contribution in [1.82, 2.24) is 5.32 Å². The molecule has 2 atom stereocenters. The molecular weight excluding hydrogens is 118 g/mol. The molecule has 0 heterocycles. The normalized spacial score (nSPS) is 40.0. The molecule has 0 unspecified atom stereocenters. The number of hydrogen-bond acceptors (Lipinski definition) is 2. The number of amides is 1. The minimum atomic E-state index is -0.0824. The molecule has 0 radical (unpaired) electrons. The topological polar surface area (TPSA) is 38.3 Å². The lowest BCUT2D eigenvalue weighted by Crippen LogP contribution is -2.24. The zero-order valence-corrected chi connectivity index (χ0v) is 5.68. The molecule has 1 N–H and O–H groups in total. The number of carbonyl (C=O) groups is 1. The van der Waals surface area contributed by atoms with Gasteiger partial charge < -0.3 is 10.1 Å². The molecule has 1 fully saturated rings. The summed E-state index contributed by atoms with van der Waals surface area (Å²) in [5.41, 5.74) is -0.0824. The van der Waals surface area contributed by atoms with Crippen molar-refractivity contribution in [3.8, 4) is 0 Å². The van der Waals surface area contributed by atoms with E-state index in [9.17, 15) is 4.79 Å². The number of rotatable bonds is 3. The van der Waals surface area contributed by atoms with Gasteiger partial charge >= 0.3 is 0 Å². The van der Waals surface area contributed by atoms with Crippen LogP contribution in [0.5, 0.6) is 0 Å². The van der Waals surface area contributed by atoms with Crippen LogP contribution in [-0.2, 0) is 9.53 Å². The van der Waals surface area contributed by atoms with Crippen molar-refractivity contribution in [2.75, 3.05) is 7.11 Å². The van der Waals surface area contributed by atoms with Gasteiger partial charge in [0.2, 0.25) is 6.41 Å². The number of ether oxygens (including phenoxy) is 1.